The highest BCUT2D eigenvalue weighted by Crippen LogP contribution is 2.35. The molecule has 3 rings (SSSR count). The Morgan fingerprint density at radius 3 is 2.63 bits per heavy atom. The molecule has 2 N–H and O–H groups in total. The van der Waals surface area contributed by atoms with E-state index >= 15 is 0 Å². The number of thiocarbonyl (C=S) groups is 1. The molecular formula is C23H35ClN4OS. The van der Waals surface area contributed by atoms with Crippen LogP contribution in [0.5, 0.6) is 0 Å². The van der Waals surface area contributed by atoms with Crippen LogP contribution in [0.3, 0.4) is 0 Å². The molecule has 0 bridgehead atoms. The second-order valence-corrected chi connectivity index (χ2v) is 10.1. The normalized spacial score (nSPS) is 22.1. The molecule has 30 heavy (non-hydrogen) atoms. The van der Waals surface area contributed by atoms with E-state index in [1.165, 1.54) is 0 Å². The predicted octanol–water partition coefficient (Wildman–Crippen LogP) is 4.72. The van der Waals surface area contributed by atoms with Crippen LogP contribution in [0.15, 0.2) is 24.3 Å². The van der Waals surface area contributed by atoms with Crippen LogP contribution < -0.4 is 10.6 Å². The van der Waals surface area contributed by atoms with Crippen LogP contribution >= 0.6 is 23.8 Å². The fraction of sp³-hybridized carbons (Fsp3) is 0.652. The van der Waals surface area contributed by atoms with Crippen molar-refractivity contribution < 1.29 is 4.79 Å². The van der Waals surface area contributed by atoms with E-state index in [2.05, 4.69) is 48.1 Å². The molecule has 0 aliphatic carbocycles. The Balaban J connectivity index is 1.68. The number of amides is 1. The molecule has 0 aromatic heterocycles. The van der Waals surface area contributed by atoms with Crippen molar-refractivity contribution in [1.82, 2.24) is 15.1 Å². The van der Waals surface area contributed by atoms with Gasteiger partial charge in [0.25, 0.3) is 0 Å². The number of likely N-dealkylation sites (tertiary alicyclic amines) is 1. The van der Waals surface area contributed by atoms with Crippen LogP contribution in [0.2, 0.25) is 5.02 Å². The van der Waals surface area contributed by atoms with Gasteiger partial charge in [-0.3, -0.25) is 10.1 Å². The summed E-state index contributed by atoms with van der Waals surface area (Å²) >= 11 is 11.7. The summed E-state index contributed by atoms with van der Waals surface area (Å²) in [6, 6.07) is 7.53. The van der Waals surface area contributed by atoms with Crippen LogP contribution in [0.4, 0.5) is 5.69 Å². The van der Waals surface area contributed by atoms with Crippen molar-refractivity contribution in [1.29, 1.82) is 0 Å². The van der Waals surface area contributed by atoms with Gasteiger partial charge in [0.2, 0.25) is 5.91 Å². The summed E-state index contributed by atoms with van der Waals surface area (Å²) in [5, 5.41) is 8.45. The smallest absolute Gasteiger partial charge is 0.241 e. The van der Waals surface area contributed by atoms with Gasteiger partial charge in [0.1, 0.15) is 0 Å². The van der Waals surface area contributed by atoms with Gasteiger partial charge < -0.3 is 15.1 Å². The maximum Gasteiger partial charge on any atom is 0.241 e. The number of hydrogen-bond acceptors (Lipinski definition) is 3. The highest BCUT2D eigenvalue weighted by Gasteiger charge is 2.51. The van der Waals surface area contributed by atoms with Gasteiger partial charge >= 0.3 is 0 Å². The summed E-state index contributed by atoms with van der Waals surface area (Å²) in [6.07, 6.45) is 3.72. The first-order valence-electron chi connectivity index (χ1n) is 11.1. The van der Waals surface area contributed by atoms with Gasteiger partial charge in [0.15, 0.2) is 5.11 Å². The first-order valence-corrected chi connectivity index (χ1v) is 11.9. The van der Waals surface area contributed by atoms with Gasteiger partial charge in [-0.1, -0.05) is 51.8 Å². The third-order valence-electron chi connectivity index (χ3n) is 6.38. The minimum Gasteiger partial charge on any atom is -0.349 e. The lowest BCUT2D eigenvalue weighted by molar-refractivity contribution is -0.134. The molecule has 0 radical (unpaired) electrons. The molecule has 0 saturated carbocycles. The number of benzene rings is 1. The number of rotatable bonds is 6. The van der Waals surface area contributed by atoms with E-state index in [9.17, 15) is 4.79 Å². The summed E-state index contributed by atoms with van der Waals surface area (Å²) in [7, 11) is 0. The average molecular weight is 451 g/mol. The molecule has 2 aliphatic rings. The molecule has 7 heteroatoms. The van der Waals surface area contributed by atoms with Gasteiger partial charge in [-0.2, -0.15) is 0 Å². The second-order valence-electron chi connectivity index (χ2n) is 9.25. The molecule has 166 valence electrons. The summed E-state index contributed by atoms with van der Waals surface area (Å²) in [6.45, 7) is 11.2. The SMILES string of the molecule is CCC(C)CN1C(=O)C(CC(C)C)NC12CCN(C(=S)Nc1cccc(Cl)c1)CC2. The van der Waals surface area contributed by atoms with E-state index in [0.29, 0.717) is 22.0 Å². The molecule has 2 heterocycles. The van der Waals surface area contributed by atoms with Crippen molar-refractivity contribution in [3.63, 3.8) is 0 Å². The zero-order valence-electron chi connectivity index (χ0n) is 18.6. The van der Waals surface area contributed by atoms with Gasteiger partial charge in [-0.25, -0.2) is 0 Å². The van der Waals surface area contributed by atoms with Gasteiger partial charge in [0, 0.05) is 43.2 Å². The van der Waals surface area contributed by atoms with Crippen molar-refractivity contribution in [3.8, 4) is 0 Å². The van der Waals surface area contributed by atoms with Crippen molar-refractivity contribution >= 4 is 40.5 Å². The van der Waals surface area contributed by atoms with Crippen molar-refractivity contribution in [2.45, 2.75) is 65.1 Å². The third-order valence-corrected chi connectivity index (χ3v) is 6.97. The molecule has 1 aromatic rings. The number of nitrogens with one attached hydrogen (secondary N) is 2. The lowest BCUT2D eigenvalue weighted by atomic mass is 9.94. The number of piperidine rings is 1. The second kappa shape index (κ2) is 9.84. The molecule has 2 atom stereocenters. The summed E-state index contributed by atoms with van der Waals surface area (Å²) in [5.74, 6) is 1.26. The maximum atomic E-state index is 13.3. The largest absolute Gasteiger partial charge is 0.349 e. The minimum atomic E-state index is -0.248. The van der Waals surface area contributed by atoms with Gasteiger partial charge in [-0.15, -0.1) is 0 Å². The number of halogens is 1. The molecule has 1 aromatic carbocycles. The van der Waals surface area contributed by atoms with E-state index in [0.717, 1.165) is 51.0 Å². The van der Waals surface area contributed by atoms with Crippen molar-refractivity contribution in [2.75, 3.05) is 25.0 Å². The Morgan fingerprint density at radius 1 is 1.33 bits per heavy atom. The third kappa shape index (κ3) is 5.27. The van der Waals surface area contributed by atoms with Gasteiger partial charge in [-0.05, 0) is 48.7 Å². The molecule has 1 spiro atoms. The van der Waals surface area contributed by atoms with Crippen LogP contribution in [0, 0.1) is 11.8 Å². The molecule has 2 aliphatic heterocycles. The van der Waals surface area contributed by atoms with E-state index in [1.807, 2.05) is 24.3 Å². The fourth-order valence-corrected chi connectivity index (χ4v) is 4.95. The molecule has 1 amide bonds. The zero-order valence-corrected chi connectivity index (χ0v) is 20.2. The molecular weight excluding hydrogens is 416 g/mol. The van der Waals surface area contributed by atoms with E-state index in [4.69, 9.17) is 23.8 Å². The first kappa shape index (κ1) is 23.3. The fourth-order valence-electron chi connectivity index (χ4n) is 4.46. The van der Waals surface area contributed by atoms with E-state index in [-0.39, 0.29) is 17.6 Å². The summed E-state index contributed by atoms with van der Waals surface area (Å²) in [4.78, 5) is 17.6. The van der Waals surface area contributed by atoms with Crippen LogP contribution in [0.1, 0.15) is 53.4 Å². The lowest BCUT2D eigenvalue weighted by Crippen LogP contribution is -2.60. The van der Waals surface area contributed by atoms with Crippen molar-refractivity contribution in [3.05, 3.63) is 29.3 Å². The number of carbonyl (C=O) groups excluding carboxylic acids is 1. The van der Waals surface area contributed by atoms with Gasteiger partial charge in [0.05, 0.1) is 11.7 Å². The Morgan fingerprint density at radius 2 is 2.03 bits per heavy atom. The summed E-state index contributed by atoms with van der Waals surface area (Å²) < 4.78 is 0. The topological polar surface area (TPSA) is 47.6 Å². The Bertz CT molecular complexity index is 763. The number of nitrogens with zero attached hydrogens (tertiary/aromatic N) is 2. The lowest BCUT2D eigenvalue weighted by Gasteiger charge is -2.46. The predicted molar refractivity (Wildman–Crippen MR) is 129 cm³/mol. The average Bonchev–Trinajstić information content (AvgIpc) is 2.93. The van der Waals surface area contributed by atoms with Crippen LogP contribution in [-0.4, -0.2) is 52.2 Å². The Hall–Kier alpha value is -1.37. The van der Waals surface area contributed by atoms with E-state index < -0.39 is 0 Å². The molecule has 5 nitrogen and oxygen atoms in total. The summed E-state index contributed by atoms with van der Waals surface area (Å²) in [5.41, 5.74) is 0.653. The first-order chi connectivity index (χ1) is 14.2. The highest BCUT2D eigenvalue weighted by molar-refractivity contribution is 7.80. The Kier molecular flexibility index (Phi) is 7.64. The minimum absolute atomic E-state index is 0.0721. The Labute approximate surface area is 191 Å². The number of carbonyl (C=O) groups is 1. The quantitative estimate of drug-likeness (QED) is 0.614. The number of hydrogen-bond donors (Lipinski definition) is 2. The highest BCUT2D eigenvalue weighted by atomic mass is 35.5. The van der Waals surface area contributed by atoms with Crippen LogP contribution in [-0.2, 0) is 4.79 Å². The maximum absolute atomic E-state index is 13.3. The molecule has 2 fully saturated rings. The zero-order chi connectivity index (χ0) is 21.9. The number of anilines is 1. The van der Waals surface area contributed by atoms with Crippen molar-refractivity contribution in [2.24, 2.45) is 11.8 Å². The molecule has 2 saturated heterocycles. The van der Waals surface area contributed by atoms with Crippen LogP contribution in [0.25, 0.3) is 0 Å². The monoisotopic (exact) mass is 450 g/mol. The van der Waals surface area contributed by atoms with E-state index in [1.54, 1.807) is 0 Å². The standard InChI is InChI=1S/C23H35ClN4OS/c1-5-17(4)15-28-21(29)20(13-16(2)3)26-23(28)9-11-27(12-10-23)22(30)25-19-8-6-7-18(24)14-19/h6-8,14,16-17,20,26H,5,9-13,15H2,1-4H3,(H,25,30). The molecule has 2 unspecified atom stereocenters.